The molecule has 0 aliphatic carbocycles. The van der Waals surface area contributed by atoms with Crippen molar-refractivity contribution in [2.24, 2.45) is 0 Å². The molecule has 2 aromatic carbocycles. The molecule has 2 rings (SSSR count). The first kappa shape index (κ1) is 22.0. The van der Waals surface area contributed by atoms with E-state index in [1.54, 1.807) is 0 Å². The predicted molar refractivity (Wildman–Crippen MR) is 95.8 cm³/mol. The van der Waals surface area contributed by atoms with Crippen molar-refractivity contribution >= 4 is 17.6 Å². The van der Waals surface area contributed by atoms with Crippen molar-refractivity contribution in [2.75, 3.05) is 32.2 Å². The molecule has 156 valence electrons. The molecule has 2 aromatic rings. The molecule has 7 nitrogen and oxygen atoms in total. The molecule has 0 atom stereocenters. The Kier molecular flexibility index (Phi) is 7.43. The fraction of sp³-hybridized carbons (Fsp3) is 0.263. The number of ether oxygens (including phenoxy) is 3. The van der Waals surface area contributed by atoms with Crippen LogP contribution < -0.4 is 10.1 Å². The Morgan fingerprint density at radius 2 is 1.86 bits per heavy atom. The van der Waals surface area contributed by atoms with Crippen LogP contribution in [-0.2, 0) is 20.4 Å². The van der Waals surface area contributed by atoms with Gasteiger partial charge in [-0.1, -0.05) is 6.07 Å². The molecule has 0 aliphatic heterocycles. The fourth-order valence-corrected chi connectivity index (χ4v) is 2.20. The number of aromatic hydroxyl groups is 1. The van der Waals surface area contributed by atoms with Gasteiger partial charge < -0.3 is 24.6 Å². The monoisotopic (exact) mass is 413 g/mol. The number of nitrogens with one attached hydrogen (secondary N) is 1. The largest absolute Gasteiger partial charge is 0.508 e. The molecule has 0 saturated heterocycles. The molecule has 1 amide bonds. The van der Waals surface area contributed by atoms with Crippen LogP contribution in [0.1, 0.15) is 15.9 Å². The van der Waals surface area contributed by atoms with E-state index in [1.807, 2.05) is 0 Å². The maximum absolute atomic E-state index is 13.0. The molecule has 0 radical (unpaired) electrons. The number of phenols is 1. The van der Waals surface area contributed by atoms with Crippen LogP contribution in [0, 0.1) is 0 Å². The molecule has 10 heteroatoms. The van der Waals surface area contributed by atoms with Gasteiger partial charge in [0.05, 0.1) is 23.4 Å². The van der Waals surface area contributed by atoms with Gasteiger partial charge >= 0.3 is 12.1 Å². The average Bonchev–Trinajstić information content (AvgIpc) is 2.66. The summed E-state index contributed by atoms with van der Waals surface area (Å²) in [5, 5.41) is 11.6. The second-order valence-electron chi connectivity index (χ2n) is 5.72. The fourth-order valence-electron chi connectivity index (χ4n) is 2.20. The number of halogens is 3. The number of carbonyl (C=O) groups excluding carboxylic acids is 2. The van der Waals surface area contributed by atoms with E-state index < -0.39 is 30.2 Å². The molecule has 0 aromatic heterocycles. The highest BCUT2D eigenvalue weighted by atomic mass is 19.4. The zero-order valence-corrected chi connectivity index (χ0v) is 15.3. The smallest absolute Gasteiger partial charge is 0.416 e. The third-order valence-electron chi connectivity index (χ3n) is 3.54. The lowest BCUT2D eigenvalue weighted by Crippen LogP contribution is -2.22. The van der Waals surface area contributed by atoms with Gasteiger partial charge in [0.1, 0.15) is 18.1 Å². The van der Waals surface area contributed by atoms with Gasteiger partial charge in [-0.05, 0) is 36.4 Å². The van der Waals surface area contributed by atoms with Crippen LogP contribution in [0.3, 0.4) is 0 Å². The third-order valence-corrected chi connectivity index (χ3v) is 3.54. The SMILES string of the molecule is COCCOc1ccc(C(F)(F)F)cc1NC(=O)COC(=O)c1cccc(O)c1. The molecule has 0 heterocycles. The molecule has 0 unspecified atom stereocenters. The van der Waals surface area contributed by atoms with Crippen LogP contribution in [0.25, 0.3) is 0 Å². The lowest BCUT2D eigenvalue weighted by molar-refractivity contribution is -0.137. The third kappa shape index (κ3) is 6.68. The first-order valence-corrected chi connectivity index (χ1v) is 8.29. The summed E-state index contributed by atoms with van der Waals surface area (Å²) in [6.07, 6.45) is -4.62. The number of methoxy groups -OCH3 is 1. The van der Waals surface area contributed by atoms with Crippen molar-refractivity contribution < 1.29 is 42.1 Å². The number of amides is 1. The minimum absolute atomic E-state index is 0.00251. The standard InChI is InChI=1S/C19H18F3NO6/c1-27-7-8-28-16-6-5-13(19(20,21)22)10-15(16)23-17(25)11-29-18(26)12-3-2-4-14(24)9-12/h2-6,9-10,24H,7-8,11H2,1H3,(H,23,25). The summed E-state index contributed by atoms with van der Waals surface area (Å²) < 4.78 is 53.8. The predicted octanol–water partition coefficient (Wildman–Crippen LogP) is 3.23. The highest BCUT2D eigenvalue weighted by molar-refractivity contribution is 5.96. The van der Waals surface area contributed by atoms with E-state index in [4.69, 9.17) is 14.2 Å². The van der Waals surface area contributed by atoms with Crippen LogP contribution >= 0.6 is 0 Å². The highest BCUT2D eigenvalue weighted by Crippen LogP contribution is 2.35. The summed E-state index contributed by atoms with van der Waals surface area (Å²) in [5.74, 6) is -1.90. The van der Waals surface area contributed by atoms with E-state index >= 15 is 0 Å². The van der Waals surface area contributed by atoms with Crippen molar-refractivity contribution in [2.45, 2.75) is 6.18 Å². The molecule has 0 bridgehead atoms. The van der Waals surface area contributed by atoms with Crippen LogP contribution in [-0.4, -0.2) is 43.9 Å². The summed E-state index contributed by atoms with van der Waals surface area (Å²) in [4.78, 5) is 23.9. The van der Waals surface area contributed by atoms with Gasteiger partial charge in [0, 0.05) is 7.11 Å². The van der Waals surface area contributed by atoms with Crippen LogP contribution in [0.4, 0.5) is 18.9 Å². The Bertz CT molecular complexity index is 869. The van der Waals surface area contributed by atoms with Gasteiger partial charge in [-0.15, -0.1) is 0 Å². The Hall–Kier alpha value is -3.27. The maximum Gasteiger partial charge on any atom is 0.416 e. The van der Waals surface area contributed by atoms with Gasteiger partial charge in [-0.3, -0.25) is 4.79 Å². The molecular formula is C19H18F3NO6. The molecule has 0 spiro atoms. The molecule has 0 fully saturated rings. The molecule has 2 N–H and O–H groups in total. The van der Waals surface area contributed by atoms with Crippen molar-refractivity contribution in [1.82, 2.24) is 0 Å². The maximum atomic E-state index is 13.0. The van der Waals surface area contributed by atoms with E-state index in [1.165, 1.54) is 25.3 Å². The van der Waals surface area contributed by atoms with Gasteiger partial charge in [-0.2, -0.15) is 13.2 Å². The number of esters is 1. The molecular weight excluding hydrogens is 395 g/mol. The number of rotatable bonds is 8. The van der Waals surface area contributed by atoms with Crippen molar-refractivity contribution in [1.29, 1.82) is 0 Å². The van der Waals surface area contributed by atoms with Gasteiger partial charge in [0.25, 0.3) is 5.91 Å². The second kappa shape index (κ2) is 9.78. The summed E-state index contributed by atoms with van der Waals surface area (Å²) in [6.45, 7) is -0.505. The number of benzene rings is 2. The van der Waals surface area contributed by atoms with Crippen molar-refractivity contribution in [3.05, 3.63) is 53.6 Å². The minimum atomic E-state index is -4.62. The Labute approximate surface area is 164 Å². The summed E-state index contributed by atoms with van der Waals surface area (Å²) in [5.41, 5.74) is -1.20. The lowest BCUT2D eigenvalue weighted by Gasteiger charge is -2.15. The number of phenolic OH excluding ortho intramolecular Hbond substituents is 1. The van der Waals surface area contributed by atoms with E-state index in [2.05, 4.69) is 5.32 Å². The van der Waals surface area contributed by atoms with E-state index in [0.717, 1.165) is 24.3 Å². The van der Waals surface area contributed by atoms with E-state index in [-0.39, 0.29) is 36.0 Å². The number of hydrogen-bond acceptors (Lipinski definition) is 6. The van der Waals surface area contributed by atoms with Crippen LogP contribution in [0.2, 0.25) is 0 Å². The summed E-state index contributed by atoms with van der Waals surface area (Å²) >= 11 is 0. The summed E-state index contributed by atoms with van der Waals surface area (Å²) in [7, 11) is 1.43. The first-order chi connectivity index (χ1) is 13.7. The quantitative estimate of drug-likeness (QED) is 0.510. The topological polar surface area (TPSA) is 94.1 Å². The zero-order valence-electron chi connectivity index (χ0n) is 15.3. The number of alkyl halides is 3. The summed E-state index contributed by atoms with van der Waals surface area (Å²) in [6, 6.07) is 7.90. The number of anilines is 1. The zero-order chi connectivity index (χ0) is 21.4. The van der Waals surface area contributed by atoms with E-state index in [0.29, 0.717) is 0 Å². The normalized spacial score (nSPS) is 11.0. The van der Waals surface area contributed by atoms with Crippen LogP contribution in [0.5, 0.6) is 11.5 Å². The van der Waals surface area contributed by atoms with Gasteiger partial charge in [-0.25, -0.2) is 4.79 Å². The molecule has 0 aliphatic rings. The lowest BCUT2D eigenvalue weighted by atomic mass is 10.1. The second-order valence-corrected chi connectivity index (χ2v) is 5.72. The van der Waals surface area contributed by atoms with Crippen molar-refractivity contribution in [3.63, 3.8) is 0 Å². The van der Waals surface area contributed by atoms with Gasteiger partial charge in [0.2, 0.25) is 0 Å². The average molecular weight is 413 g/mol. The minimum Gasteiger partial charge on any atom is -0.508 e. The molecule has 29 heavy (non-hydrogen) atoms. The molecule has 0 saturated carbocycles. The number of hydrogen-bond donors (Lipinski definition) is 2. The Morgan fingerprint density at radius 3 is 2.52 bits per heavy atom. The van der Waals surface area contributed by atoms with Crippen molar-refractivity contribution in [3.8, 4) is 11.5 Å². The Morgan fingerprint density at radius 1 is 1.10 bits per heavy atom. The van der Waals surface area contributed by atoms with E-state index in [9.17, 15) is 27.9 Å². The Balaban J connectivity index is 2.07. The van der Waals surface area contributed by atoms with Gasteiger partial charge in [0.15, 0.2) is 6.61 Å². The number of carbonyl (C=O) groups is 2. The van der Waals surface area contributed by atoms with Crippen LogP contribution in [0.15, 0.2) is 42.5 Å². The first-order valence-electron chi connectivity index (χ1n) is 8.29. The highest BCUT2D eigenvalue weighted by Gasteiger charge is 2.31.